The molecule has 0 aliphatic carbocycles. The van der Waals surface area contributed by atoms with Crippen molar-refractivity contribution in [2.45, 2.75) is 103 Å². The number of ether oxygens (including phenoxy) is 4. The molecule has 1 saturated heterocycles. The fourth-order valence-electron chi connectivity index (χ4n) is 8.54. The van der Waals surface area contributed by atoms with Gasteiger partial charge in [0.1, 0.15) is 46.3 Å². The van der Waals surface area contributed by atoms with E-state index >= 15 is 0 Å². The van der Waals surface area contributed by atoms with Crippen LogP contribution in [0.15, 0.2) is 119 Å². The average molecular weight is 995 g/mol. The molecular weight excluding hydrogens is 935 g/mol. The average Bonchev–Trinajstić information content (AvgIpc) is 3.74. The number of methoxy groups -OCH3 is 2. The number of aromatic nitrogens is 2. The van der Waals surface area contributed by atoms with E-state index < -0.39 is 57.2 Å². The second kappa shape index (κ2) is 23.1. The van der Waals surface area contributed by atoms with E-state index in [1.54, 1.807) is 40.2 Å². The SMILES string of the molecule is COc1ccc(C(OCC2OC(n3cc(C#CCCOP4(=O)Oc5ccccc5C(C)(C)O4)c(=O)[nH]c3=O)CC2OP(OCCC#N)N(C(C)C)C(C)C)(c2ccccc2)c2ccc(OC)cc2)cc1. The van der Waals surface area contributed by atoms with Gasteiger partial charge < -0.3 is 32.5 Å². The number of phosphoric ester groups is 1. The molecule has 2 aliphatic heterocycles. The zero-order valence-corrected chi connectivity index (χ0v) is 42.4. The highest BCUT2D eigenvalue weighted by molar-refractivity contribution is 7.49. The minimum Gasteiger partial charge on any atom is -0.497 e. The smallest absolute Gasteiger partial charge is 0.497 e. The topological polar surface area (TPSA) is 182 Å². The molecule has 0 bridgehead atoms. The number of H-pyrrole nitrogens is 1. The van der Waals surface area contributed by atoms with Crippen LogP contribution < -0.4 is 25.2 Å². The van der Waals surface area contributed by atoms with Crippen molar-refractivity contribution in [2.24, 2.45) is 0 Å². The molecule has 5 atom stereocenters. The number of nitrogens with zero attached hydrogens (tertiary/aromatic N) is 3. The van der Waals surface area contributed by atoms with Gasteiger partial charge in [-0.05, 0) is 88.6 Å². The van der Waals surface area contributed by atoms with Crippen molar-refractivity contribution in [1.29, 1.82) is 5.26 Å². The Morgan fingerprint density at radius 3 is 2.10 bits per heavy atom. The van der Waals surface area contributed by atoms with Gasteiger partial charge in [0.15, 0.2) is 0 Å². The van der Waals surface area contributed by atoms with Gasteiger partial charge in [-0.2, -0.15) is 5.26 Å². The summed E-state index contributed by atoms with van der Waals surface area (Å²) in [6, 6.07) is 34.5. The van der Waals surface area contributed by atoms with Gasteiger partial charge >= 0.3 is 13.5 Å². The summed E-state index contributed by atoms with van der Waals surface area (Å²) in [5.41, 5.74) is -0.402. The lowest BCUT2D eigenvalue weighted by atomic mass is 9.80. The van der Waals surface area contributed by atoms with Crippen molar-refractivity contribution in [2.75, 3.05) is 34.0 Å². The number of rotatable bonds is 20. The highest BCUT2D eigenvalue weighted by Gasteiger charge is 2.46. The largest absolute Gasteiger partial charge is 0.530 e. The summed E-state index contributed by atoms with van der Waals surface area (Å²) < 4.78 is 72.5. The Hall–Kier alpha value is -5.61. The maximum absolute atomic E-state index is 13.7. The number of aromatic amines is 1. The molecule has 7 rings (SSSR count). The van der Waals surface area contributed by atoms with E-state index in [1.807, 2.05) is 119 Å². The molecule has 5 aromatic rings. The Bertz CT molecular complexity index is 2760. The van der Waals surface area contributed by atoms with Crippen LogP contribution >= 0.6 is 16.3 Å². The molecule has 5 unspecified atom stereocenters. The van der Waals surface area contributed by atoms with Crippen LogP contribution in [0.4, 0.5) is 0 Å². The van der Waals surface area contributed by atoms with E-state index in [0.717, 1.165) is 22.3 Å². The van der Waals surface area contributed by atoms with Crippen molar-refractivity contribution in [3.63, 3.8) is 0 Å². The highest BCUT2D eigenvalue weighted by Crippen LogP contribution is 2.60. The van der Waals surface area contributed by atoms with Crippen LogP contribution in [-0.2, 0) is 43.3 Å². The number of hydrogen-bond donors (Lipinski definition) is 1. The lowest BCUT2D eigenvalue weighted by Crippen LogP contribution is -2.39. The monoisotopic (exact) mass is 994 g/mol. The lowest BCUT2D eigenvalue weighted by Gasteiger charge is -2.39. The standard InChI is InChI=1S/C52H60N4O12P2/c1-36(2)56(37(3)4)69(63-31-16-30-53)66-46-33-48(55-34-38(49(57)54-50(55)58)17-14-15-32-64-70(59)67-45-21-13-12-20-44(45)51(5,6)68-70)65-47(46)35-62-52(39-18-10-9-11-19-39,40-22-26-42(60-7)27-23-40)41-24-28-43(61-8)29-25-41/h9-13,18-29,34,36-37,46-48H,15-16,31-33,35H2,1-8H3,(H,54,57,58). The van der Waals surface area contributed by atoms with Crippen LogP contribution in [-0.4, -0.2) is 72.6 Å². The minimum atomic E-state index is -4.00. The Morgan fingerprint density at radius 1 is 0.871 bits per heavy atom. The van der Waals surface area contributed by atoms with Crippen LogP contribution in [0.1, 0.15) is 94.9 Å². The molecule has 3 heterocycles. The number of hydrogen-bond acceptors (Lipinski definition) is 14. The van der Waals surface area contributed by atoms with Crippen LogP contribution in [0.2, 0.25) is 0 Å². The van der Waals surface area contributed by atoms with Crippen LogP contribution in [0, 0.1) is 23.2 Å². The van der Waals surface area contributed by atoms with Crippen molar-refractivity contribution >= 4 is 16.3 Å². The summed E-state index contributed by atoms with van der Waals surface area (Å²) in [4.78, 5) is 29.3. The molecule has 0 spiro atoms. The van der Waals surface area contributed by atoms with Gasteiger partial charge in [-0.3, -0.25) is 23.4 Å². The number of para-hydroxylation sites is 1. The molecule has 370 valence electrons. The fourth-order valence-corrected chi connectivity index (χ4v) is 11.8. The van der Waals surface area contributed by atoms with Crippen molar-refractivity contribution in [1.82, 2.24) is 14.2 Å². The number of phosphoric acid groups is 1. The summed E-state index contributed by atoms with van der Waals surface area (Å²) >= 11 is 0. The number of fused-ring (bicyclic) bond motifs is 1. The normalized spacial score (nSPS) is 20.0. The molecule has 4 aromatic carbocycles. The van der Waals surface area contributed by atoms with E-state index in [1.165, 1.54) is 10.8 Å². The van der Waals surface area contributed by atoms with Crippen LogP contribution in [0.5, 0.6) is 17.2 Å². The second-order valence-corrected chi connectivity index (χ2v) is 20.5. The fraction of sp³-hybridized carbons (Fsp3) is 0.404. The predicted molar refractivity (Wildman–Crippen MR) is 264 cm³/mol. The van der Waals surface area contributed by atoms with Gasteiger partial charge in [-0.1, -0.05) is 84.6 Å². The molecule has 70 heavy (non-hydrogen) atoms. The maximum atomic E-state index is 13.7. The Labute approximate surface area is 410 Å². The summed E-state index contributed by atoms with van der Waals surface area (Å²) in [7, 11) is -2.55. The van der Waals surface area contributed by atoms with Gasteiger partial charge in [0, 0.05) is 36.7 Å². The number of nitriles is 1. The predicted octanol–water partition coefficient (Wildman–Crippen LogP) is 9.72. The van der Waals surface area contributed by atoms with Gasteiger partial charge in [-0.15, -0.1) is 0 Å². The highest BCUT2D eigenvalue weighted by atomic mass is 31.2. The van der Waals surface area contributed by atoms with E-state index in [0.29, 0.717) is 17.2 Å². The van der Waals surface area contributed by atoms with Crippen LogP contribution in [0.3, 0.4) is 0 Å². The molecule has 0 radical (unpaired) electrons. The first-order chi connectivity index (χ1) is 33.6. The summed E-state index contributed by atoms with van der Waals surface area (Å²) in [5, 5.41) is 9.45. The van der Waals surface area contributed by atoms with Crippen molar-refractivity contribution in [3.05, 3.63) is 158 Å². The third-order valence-electron chi connectivity index (χ3n) is 11.8. The third kappa shape index (κ3) is 11.9. The zero-order chi connectivity index (χ0) is 50.1. The Balaban J connectivity index is 1.21. The van der Waals surface area contributed by atoms with Gasteiger partial charge in [-0.25, -0.2) is 14.0 Å². The minimum absolute atomic E-state index is 0.00225. The quantitative estimate of drug-likeness (QED) is 0.0337. The molecule has 0 amide bonds. The molecule has 16 nitrogen and oxygen atoms in total. The number of benzene rings is 4. The molecular formula is C52H60N4O12P2. The Kier molecular flexibility index (Phi) is 17.2. The summed E-state index contributed by atoms with van der Waals surface area (Å²) in [6.45, 7) is 11.7. The molecule has 18 heteroatoms. The van der Waals surface area contributed by atoms with E-state index in [4.69, 9.17) is 41.6 Å². The van der Waals surface area contributed by atoms with E-state index in [-0.39, 0.29) is 56.7 Å². The van der Waals surface area contributed by atoms with E-state index in [2.05, 4.69) is 27.6 Å². The maximum Gasteiger partial charge on any atom is 0.530 e. The summed E-state index contributed by atoms with van der Waals surface area (Å²) in [6.07, 6.45) is -0.795. The molecule has 0 saturated carbocycles. The lowest BCUT2D eigenvalue weighted by molar-refractivity contribution is -0.0925. The molecule has 1 aromatic heterocycles. The first-order valence-electron chi connectivity index (χ1n) is 23.1. The third-order valence-corrected chi connectivity index (χ3v) is 15.5. The first kappa shape index (κ1) is 52.2. The zero-order valence-electron chi connectivity index (χ0n) is 40.7. The number of nitrogens with one attached hydrogen (secondary N) is 1. The molecule has 2 aliphatic rings. The molecule has 1 N–H and O–H groups in total. The Morgan fingerprint density at radius 2 is 1.49 bits per heavy atom. The van der Waals surface area contributed by atoms with Crippen LogP contribution in [0.25, 0.3) is 0 Å². The van der Waals surface area contributed by atoms with Gasteiger partial charge in [0.2, 0.25) is 0 Å². The molecule has 1 fully saturated rings. The first-order valence-corrected chi connectivity index (χ1v) is 25.7. The van der Waals surface area contributed by atoms with E-state index in [9.17, 15) is 19.4 Å². The van der Waals surface area contributed by atoms with Gasteiger partial charge in [0.05, 0.1) is 52.6 Å². The van der Waals surface area contributed by atoms with Crippen molar-refractivity contribution < 1.29 is 46.1 Å². The second-order valence-electron chi connectivity index (χ2n) is 17.6. The van der Waals surface area contributed by atoms with Crippen molar-refractivity contribution in [3.8, 4) is 35.2 Å². The van der Waals surface area contributed by atoms with Gasteiger partial charge in [0.25, 0.3) is 14.1 Å². The summed E-state index contributed by atoms with van der Waals surface area (Å²) in [5.74, 6) is 7.47.